The first-order chi connectivity index (χ1) is 10.1. The molecule has 5 nitrogen and oxygen atoms in total. The second kappa shape index (κ2) is 6.88. The van der Waals surface area contributed by atoms with Crippen molar-refractivity contribution in [2.45, 2.75) is 19.8 Å². The summed E-state index contributed by atoms with van der Waals surface area (Å²) in [5, 5.41) is 9.30. The van der Waals surface area contributed by atoms with E-state index < -0.39 is 0 Å². The van der Waals surface area contributed by atoms with Crippen LogP contribution in [0.5, 0.6) is 5.88 Å². The molecule has 0 radical (unpaired) electrons. The maximum atomic E-state index is 12.9. The standard InChI is InChI=1S/C15H18FN3O2/c1-3-21-14-8-13(18-19-14)15(20)17-9-10(2)11-4-6-12(16)7-5-11/h4-8,10H,3,9H2,1-2H3,(H,17,20)(H,18,19). The zero-order valence-corrected chi connectivity index (χ0v) is 12.0. The predicted molar refractivity (Wildman–Crippen MR) is 76.9 cm³/mol. The number of H-pyrrole nitrogens is 1. The lowest BCUT2D eigenvalue weighted by atomic mass is 10.0. The fraction of sp³-hybridized carbons (Fsp3) is 0.333. The van der Waals surface area contributed by atoms with Crippen LogP contribution in [0.2, 0.25) is 0 Å². The number of carbonyl (C=O) groups excluding carboxylic acids is 1. The van der Waals surface area contributed by atoms with E-state index in [4.69, 9.17) is 4.74 Å². The summed E-state index contributed by atoms with van der Waals surface area (Å²) >= 11 is 0. The Kier molecular flexibility index (Phi) is 4.92. The molecule has 1 heterocycles. The van der Waals surface area contributed by atoms with Crippen LogP contribution in [-0.4, -0.2) is 29.3 Å². The van der Waals surface area contributed by atoms with Gasteiger partial charge in [-0.2, -0.15) is 0 Å². The number of rotatable bonds is 6. The van der Waals surface area contributed by atoms with Crippen molar-refractivity contribution >= 4 is 5.91 Å². The first kappa shape index (κ1) is 15.0. The smallest absolute Gasteiger partial charge is 0.269 e. The third kappa shape index (κ3) is 4.05. The molecule has 6 heteroatoms. The zero-order valence-electron chi connectivity index (χ0n) is 12.0. The van der Waals surface area contributed by atoms with Crippen molar-refractivity contribution in [3.8, 4) is 5.88 Å². The van der Waals surface area contributed by atoms with Crippen LogP contribution in [0.15, 0.2) is 30.3 Å². The van der Waals surface area contributed by atoms with Crippen LogP contribution in [0, 0.1) is 5.82 Å². The van der Waals surface area contributed by atoms with Gasteiger partial charge in [0.25, 0.3) is 5.91 Å². The number of halogens is 1. The topological polar surface area (TPSA) is 67.0 Å². The summed E-state index contributed by atoms with van der Waals surface area (Å²) in [7, 11) is 0. The van der Waals surface area contributed by atoms with Gasteiger partial charge >= 0.3 is 0 Å². The van der Waals surface area contributed by atoms with Gasteiger partial charge in [0.1, 0.15) is 11.5 Å². The monoisotopic (exact) mass is 291 g/mol. The van der Waals surface area contributed by atoms with Gasteiger partial charge in [-0.1, -0.05) is 19.1 Å². The van der Waals surface area contributed by atoms with Gasteiger partial charge < -0.3 is 10.1 Å². The van der Waals surface area contributed by atoms with E-state index in [9.17, 15) is 9.18 Å². The lowest BCUT2D eigenvalue weighted by Crippen LogP contribution is -2.27. The van der Waals surface area contributed by atoms with Crippen molar-refractivity contribution < 1.29 is 13.9 Å². The Labute approximate surface area is 122 Å². The molecule has 1 aromatic carbocycles. The largest absolute Gasteiger partial charge is 0.477 e. The van der Waals surface area contributed by atoms with E-state index in [0.29, 0.717) is 24.7 Å². The number of ether oxygens (including phenoxy) is 1. The first-order valence-corrected chi connectivity index (χ1v) is 6.82. The first-order valence-electron chi connectivity index (χ1n) is 6.82. The highest BCUT2D eigenvalue weighted by atomic mass is 19.1. The molecule has 0 saturated carbocycles. The molecule has 1 aromatic heterocycles. The third-order valence-electron chi connectivity index (χ3n) is 3.10. The van der Waals surface area contributed by atoms with Crippen LogP contribution >= 0.6 is 0 Å². The summed E-state index contributed by atoms with van der Waals surface area (Å²) in [6.45, 7) is 4.76. The SMILES string of the molecule is CCOc1cc(C(=O)NCC(C)c2ccc(F)cc2)[nH]n1. The Morgan fingerprint density at radius 2 is 2.14 bits per heavy atom. The molecule has 1 amide bonds. The van der Waals surface area contributed by atoms with Crippen LogP contribution in [0.25, 0.3) is 0 Å². The van der Waals surface area contributed by atoms with Crippen molar-refractivity contribution in [2.24, 2.45) is 0 Å². The number of nitrogens with zero attached hydrogens (tertiary/aromatic N) is 1. The van der Waals surface area contributed by atoms with E-state index in [1.165, 1.54) is 12.1 Å². The minimum absolute atomic E-state index is 0.0869. The molecule has 0 aliphatic rings. The quantitative estimate of drug-likeness (QED) is 0.859. The molecule has 21 heavy (non-hydrogen) atoms. The summed E-state index contributed by atoms with van der Waals surface area (Å²) in [4.78, 5) is 12.0. The summed E-state index contributed by atoms with van der Waals surface area (Å²) in [6.07, 6.45) is 0. The van der Waals surface area contributed by atoms with Gasteiger partial charge in [0.15, 0.2) is 0 Å². The lowest BCUT2D eigenvalue weighted by Gasteiger charge is -2.12. The lowest BCUT2D eigenvalue weighted by molar-refractivity contribution is 0.0946. The number of hydrogen-bond donors (Lipinski definition) is 2. The Hall–Kier alpha value is -2.37. The van der Waals surface area contributed by atoms with Crippen molar-refractivity contribution in [3.05, 3.63) is 47.4 Å². The van der Waals surface area contributed by atoms with E-state index in [2.05, 4.69) is 15.5 Å². The van der Waals surface area contributed by atoms with Crippen LogP contribution < -0.4 is 10.1 Å². The fourth-order valence-electron chi connectivity index (χ4n) is 1.89. The summed E-state index contributed by atoms with van der Waals surface area (Å²) in [6, 6.07) is 7.82. The van der Waals surface area contributed by atoms with Crippen LogP contribution in [0.1, 0.15) is 35.8 Å². The minimum Gasteiger partial charge on any atom is -0.477 e. The highest BCUT2D eigenvalue weighted by molar-refractivity contribution is 5.92. The number of nitrogens with one attached hydrogen (secondary N) is 2. The minimum atomic E-state index is -0.268. The molecular weight excluding hydrogens is 273 g/mol. The summed E-state index contributed by atoms with van der Waals surface area (Å²) in [5.41, 5.74) is 1.32. The molecule has 2 aromatic rings. The van der Waals surface area contributed by atoms with Gasteiger partial charge in [-0.3, -0.25) is 9.89 Å². The van der Waals surface area contributed by atoms with E-state index >= 15 is 0 Å². The van der Waals surface area contributed by atoms with E-state index in [1.54, 1.807) is 18.2 Å². The van der Waals surface area contributed by atoms with Crippen molar-refractivity contribution in [2.75, 3.05) is 13.2 Å². The molecule has 0 spiro atoms. The van der Waals surface area contributed by atoms with E-state index in [-0.39, 0.29) is 17.6 Å². The molecule has 0 aliphatic heterocycles. The number of hydrogen-bond acceptors (Lipinski definition) is 3. The molecule has 2 rings (SSSR count). The number of carbonyl (C=O) groups is 1. The second-order valence-electron chi connectivity index (χ2n) is 4.72. The molecule has 0 fully saturated rings. The summed E-state index contributed by atoms with van der Waals surface area (Å²) in [5.74, 6) is -0.0311. The maximum absolute atomic E-state index is 12.9. The third-order valence-corrected chi connectivity index (χ3v) is 3.10. The van der Waals surface area contributed by atoms with Crippen LogP contribution in [0.4, 0.5) is 4.39 Å². The van der Waals surface area contributed by atoms with Gasteiger partial charge in [0.05, 0.1) is 6.61 Å². The van der Waals surface area contributed by atoms with Crippen LogP contribution in [-0.2, 0) is 0 Å². The molecular formula is C15H18FN3O2. The average Bonchev–Trinajstić information content (AvgIpc) is 2.94. The van der Waals surface area contributed by atoms with E-state index in [0.717, 1.165) is 5.56 Å². The highest BCUT2D eigenvalue weighted by Crippen LogP contribution is 2.15. The Morgan fingerprint density at radius 3 is 2.81 bits per heavy atom. The van der Waals surface area contributed by atoms with Gasteiger partial charge in [0, 0.05) is 12.6 Å². The Morgan fingerprint density at radius 1 is 1.43 bits per heavy atom. The molecule has 0 saturated heterocycles. The fourth-order valence-corrected chi connectivity index (χ4v) is 1.89. The van der Waals surface area contributed by atoms with Gasteiger partial charge in [-0.15, -0.1) is 5.10 Å². The number of aromatic nitrogens is 2. The second-order valence-corrected chi connectivity index (χ2v) is 4.72. The van der Waals surface area contributed by atoms with E-state index in [1.807, 2.05) is 13.8 Å². The summed E-state index contributed by atoms with van der Waals surface area (Å²) < 4.78 is 18.0. The number of benzene rings is 1. The number of amides is 1. The van der Waals surface area contributed by atoms with Gasteiger partial charge in [-0.25, -0.2) is 4.39 Å². The Bertz CT molecular complexity index is 595. The van der Waals surface area contributed by atoms with Crippen molar-refractivity contribution in [1.29, 1.82) is 0 Å². The van der Waals surface area contributed by atoms with Gasteiger partial charge in [-0.05, 0) is 30.5 Å². The predicted octanol–water partition coefficient (Wildman–Crippen LogP) is 2.48. The molecule has 2 N–H and O–H groups in total. The number of aromatic amines is 1. The van der Waals surface area contributed by atoms with Crippen LogP contribution in [0.3, 0.4) is 0 Å². The molecule has 1 unspecified atom stereocenters. The van der Waals surface area contributed by atoms with Crippen molar-refractivity contribution in [3.63, 3.8) is 0 Å². The zero-order chi connectivity index (χ0) is 15.2. The molecule has 112 valence electrons. The molecule has 0 bridgehead atoms. The normalized spacial score (nSPS) is 12.0. The Balaban J connectivity index is 1.89. The van der Waals surface area contributed by atoms with Gasteiger partial charge in [0.2, 0.25) is 5.88 Å². The molecule has 0 aliphatic carbocycles. The molecule has 1 atom stereocenters. The van der Waals surface area contributed by atoms with Crippen molar-refractivity contribution in [1.82, 2.24) is 15.5 Å². The average molecular weight is 291 g/mol. The highest BCUT2D eigenvalue weighted by Gasteiger charge is 2.12. The maximum Gasteiger partial charge on any atom is 0.269 e.